The zero-order chi connectivity index (χ0) is 22.1. The van der Waals surface area contributed by atoms with Crippen LogP contribution in [0, 0.1) is 18.6 Å². The third-order valence-electron chi connectivity index (χ3n) is 4.74. The summed E-state index contributed by atoms with van der Waals surface area (Å²) in [7, 11) is 0. The van der Waals surface area contributed by atoms with E-state index in [-0.39, 0.29) is 28.6 Å². The Hall–Kier alpha value is -3.40. The van der Waals surface area contributed by atoms with Crippen molar-refractivity contribution in [3.05, 3.63) is 69.4 Å². The summed E-state index contributed by atoms with van der Waals surface area (Å²) in [4.78, 5) is 33.4. The molecule has 1 saturated carbocycles. The number of aryl methyl sites for hydroxylation is 1. The van der Waals surface area contributed by atoms with Crippen LogP contribution in [-0.4, -0.2) is 32.0 Å². The number of carbonyl (C=O) groups is 2. The minimum Gasteiger partial charge on any atom is -0.347 e. The van der Waals surface area contributed by atoms with Gasteiger partial charge in [-0.25, -0.2) is 18.7 Å². The van der Waals surface area contributed by atoms with Crippen molar-refractivity contribution in [2.24, 2.45) is 0 Å². The van der Waals surface area contributed by atoms with Crippen LogP contribution < -0.4 is 10.6 Å². The summed E-state index contributed by atoms with van der Waals surface area (Å²) in [5.41, 5.74) is 1.64. The van der Waals surface area contributed by atoms with E-state index in [1.54, 1.807) is 6.20 Å². The Kier molecular flexibility index (Phi) is 5.64. The van der Waals surface area contributed by atoms with E-state index in [4.69, 9.17) is 11.6 Å². The molecular formula is C20H17ClF2N6O2. The minimum atomic E-state index is -1.21. The van der Waals surface area contributed by atoms with E-state index in [9.17, 15) is 18.4 Å². The molecule has 0 spiro atoms. The third-order valence-corrected chi connectivity index (χ3v) is 5.05. The van der Waals surface area contributed by atoms with Gasteiger partial charge in [-0.2, -0.15) is 5.10 Å². The average Bonchev–Trinajstić information content (AvgIpc) is 3.48. The molecule has 2 amide bonds. The largest absolute Gasteiger partial charge is 0.347 e. The number of aromatic nitrogens is 4. The van der Waals surface area contributed by atoms with E-state index in [1.165, 1.54) is 6.07 Å². The van der Waals surface area contributed by atoms with E-state index in [2.05, 4.69) is 30.8 Å². The molecule has 0 unspecified atom stereocenters. The second-order valence-corrected chi connectivity index (χ2v) is 7.56. The first-order chi connectivity index (χ1) is 14.8. The SMILES string of the molecule is Cc1ncc(CNC(=O)c2cc(NC(=O)c3cc(F)c(F)cc3Cl)n[nH]2)c(C2CC2)n1. The quantitative estimate of drug-likeness (QED) is 0.502. The smallest absolute Gasteiger partial charge is 0.269 e. The summed E-state index contributed by atoms with van der Waals surface area (Å²) in [5, 5.41) is 11.2. The molecule has 2 heterocycles. The van der Waals surface area contributed by atoms with Crippen molar-refractivity contribution in [2.45, 2.75) is 32.2 Å². The third kappa shape index (κ3) is 4.69. The summed E-state index contributed by atoms with van der Waals surface area (Å²) in [6.45, 7) is 2.07. The highest BCUT2D eigenvalue weighted by molar-refractivity contribution is 6.34. The van der Waals surface area contributed by atoms with Crippen molar-refractivity contribution < 1.29 is 18.4 Å². The monoisotopic (exact) mass is 446 g/mol. The summed E-state index contributed by atoms with van der Waals surface area (Å²) < 4.78 is 26.6. The molecule has 11 heteroatoms. The van der Waals surface area contributed by atoms with E-state index >= 15 is 0 Å². The zero-order valence-electron chi connectivity index (χ0n) is 16.3. The maximum Gasteiger partial charge on any atom is 0.269 e. The summed E-state index contributed by atoms with van der Waals surface area (Å²) in [6, 6.07) is 2.71. The van der Waals surface area contributed by atoms with Gasteiger partial charge in [-0.3, -0.25) is 14.7 Å². The molecule has 8 nitrogen and oxygen atoms in total. The number of H-pyrrole nitrogens is 1. The summed E-state index contributed by atoms with van der Waals surface area (Å²) >= 11 is 5.80. The predicted molar refractivity (Wildman–Crippen MR) is 108 cm³/mol. The van der Waals surface area contributed by atoms with Crippen LogP contribution in [0.1, 0.15) is 56.7 Å². The molecule has 1 fully saturated rings. The van der Waals surface area contributed by atoms with Crippen LogP contribution in [0.15, 0.2) is 24.4 Å². The first-order valence-corrected chi connectivity index (χ1v) is 9.81. The lowest BCUT2D eigenvalue weighted by molar-refractivity contribution is 0.0944. The van der Waals surface area contributed by atoms with E-state index < -0.39 is 23.4 Å². The molecule has 31 heavy (non-hydrogen) atoms. The fourth-order valence-electron chi connectivity index (χ4n) is 3.01. The number of amides is 2. The number of hydrogen-bond acceptors (Lipinski definition) is 5. The topological polar surface area (TPSA) is 113 Å². The molecular weight excluding hydrogens is 430 g/mol. The molecule has 0 radical (unpaired) electrons. The molecule has 160 valence electrons. The number of aromatic amines is 1. The lowest BCUT2D eigenvalue weighted by Gasteiger charge is -2.09. The molecule has 0 saturated heterocycles. The maximum absolute atomic E-state index is 13.4. The van der Waals surface area contributed by atoms with Gasteiger partial charge in [0.2, 0.25) is 0 Å². The molecule has 1 aliphatic carbocycles. The first kappa shape index (κ1) is 20.9. The van der Waals surface area contributed by atoms with Crippen LogP contribution in [0.4, 0.5) is 14.6 Å². The molecule has 2 aromatic heterocycles. The van der Waals surface area contributed by atoms with Gasteiger partial charge in [-0.05, 0) is 31.9 Å². The highest BCUT2D eigenvalue weighted by atomic mass is 35.5. The second kappa shape index (κ2) is 8.38. The standard InChI is InChI=1S/C20H17ClF2N6O2/c1-9-24-7-11(18(26-9)10-2-3-10)8-25-20(31)16-6-17(29-28-16)27-19(30)12-4-14(22)15(23)5-13(12)21/h4-7,10H,2-3,8H2,1H3,(H,25,31)(H2,27,28,29,30). The van der Waals surface area contributed by atoms with Crippen molar-refractivity contribution in [1.29, 1.82) is 0 Å². The zero-order valence-corrected chi connectivity index (χ0v) is 17.1. The fourth-order valence-corrected chi connectivity index (χ4v) is 3.25. The predicted octanol–water partition coefficient (Wildman–Crippen LogP) is 3.50. The normalized spacial score (nSPS) is 13.2. The van der Waals surface area contributed by atoms with Crippen LogP contribution in [0.5, 0.6) is 0 Å². The molecule has 1 aliphatic rings. The number of nitrogens with zero attached hydrogens (tertiary/aromatic N) is 3. The van der Waals surface area contributed by atoms with E-state index in [1.807, 2.05) is 6.92 Å². The molecule has 0 aliphatic heterocycles. The molecule has 0 atom stereocenters. The molecule has 3 aromatic rings. The van der Waals surface area contributed by atoms with Crippen molar-refractivity contribution in [3.63, 3.8) is 0 Å². The Bertz CT molecular complexity index is 1180. The number of benzene rings is 1. The highest BCUT2D eigenvalue weighted by Crippen LogP contribution is 2.40. The number of carbonyl (C=O) groups excluding carboxylic acids is 2. The van der Waals surface area contributed by atoms with Crippen LogP contribution in [0.3, 0.4) is 0 Å². The van der Waals surface area contributed by atoms with Crippen molar-refractivity contribution in [1.82, 2.24) is 25.5 Å². The number of halogens is 3. The Morgan fingerprint density at radius 3 is 2.68 bits per heavy atom. The van der Waals surface area contributed by atoms with Gasteiger partial charge in [0.25, 0.3) is 11.8 Å². The van der Waals surface area contributed by atoms with Crippen molar-refractivity contribution in [3.8, 4) is 0 Å². The average molecular weight is 447 g/mol. The summed E-state index contributed by atoms with van der Waals surface area (Å²) in [5.74, 6) is -2.49. The van der Waals surface area contributed by atoms with E-state index in [0.717, 1.165) is 24.1 Å². The Balaban J connectivity index is 1.40. The van der Waals surface area contributed by atoms with Gasteiger partial charge in [0.05, 0.1) is 16.3 Å². The van der Waals surface area contributed by atoms with Crippen LogP contribution in [0.25, 0.3) is 0 Å². The van der Waals surface area contributed by atoms with Crippen molar-refractivity contribution >= 4 is 29.2 Å². The van der Waals surface area contributed by atoms with Gasteiger partial charge in [0, 0.05) is 30.3 Å². The fraction of sp³-hybridized carbons (Fsp3) is 0.250. The lowest BCUT2D eigenvalue weighted by atomic mass is 10.1. The molecule has 1 aromatic carbocycles. The van der Waals surface area contributed by atoms with Crippen LogP contribution in [-0.2, 0) is 6.54 Å². The second-order valence-electron chi connectivity index (χ2n) is 7.15. The molecule has 3 N–H and O–H groups in total. The highest BCUT2D eigenvalue weighted by Gasteiger charge is 2.28. The van der Waals surface area contributed by atoms with Gasteiger partial charge in [-0.15, -0.1) is 0 Å². The van der Waals surface area contributed by atoms with Crippen LogP contribution in [0.2, 0.25) is 5.02 Å². The number of anilines is 1. The van der Waals surface area contributed by atoms with Gasteiger partial charge in [0.1, 0.15) is 11.5 Å². The Labute approximate surface area is 180 Å². The van der Waals surface area contributed by atoms with Crippen LogP contribution >= 0.6 is 11.6 Å². The maximum atomic E-state index is 13.4. The summed E-state index contributed by atoms with van der Waals surface area (Å²) in [6.07, 6.45) is 3.85. The molecule has 0 bridgehead atoms. The van der Waals surface area contributed by atoms with Gasteiger partial charge in [-0.1, -0.05) is 11.6 Å². The molecule has 4 rings (SSSR count). The lowest BCUT2D eigenvalue weighted by Crippen LogP contribution is -2.24. The number of hydrogen-bond donors (Lipinski definition) is 3. The Morgan fingerprint density at radius 1 is 1.19 bits per heavy atom. The van der Waals surface area contributed by atoms with Gasteiger partial charge < -0.3 is 10.6 Å². The number of nitrogens with one attached hydrogen (secondary N) is 3. The van der Waals surface area contributed by atoms with Crippen molar-refractivity contribution in [2.75, 3.05) is 5.32 Å². The van der Waals surface area contributed by atoms with E-state index in [0.29, 0.717) is 23.9 Å². The number of rotatable bonds is 6. The first-order valence-electron chi connectivity index (χ1n) is 9.43. The minimum absolute atomic E-state index is 0.0216. The Morgan fingerprint density at radius 2 is 1.94 bits per heavy atom. The van der Waals surface area contributed by atoms with Gasteiger partial charge in [0.15, 0.2) is 17.5 Å². The van der Waals surface area contributed by atoms with Gasteiger partial charge >= 0.3 is 0 Å².